The van der Waals surface area contributed by atoms with Crippen molar-refractivity contribution in [3.8, 4) is 0 Å². The Balaban J connectivity index is 1.57. The van der Waals surface area contributed by atoms with Crippen molar-refractivity contribution in [1.82, 2.24) is 0 Å². The van der Waals surface area contributed by atoms with Crippen LogP contribution in [0.2, 0.25) is 0 Å². The van der Waals surface area contributed by atoms with Crippen molar-refractivity contribution in [3.63, 3.8) is 0 Å². The van der Waals surface area contributed by atoms with Crippen molar-refractivity contribution >= 4 is 17.1 Å². The molecule has 0 amide bonds. The number of hydrogen-bond acceptors (Lipinski definition) is 2. The molecule has 0 radical (unpaired) electrons. The van der Waals surface area contributed by atoms with E-state index in [4.69, 9.17) is 0 Å². The minimum Gasteiger partial charge on any atom is -0.300 e. The molecule has 0 bridgehead atoms. The summed E-state index contributed by atoms with van der Waals surface area (Å²) in [5.74, 6) is 0.410. The number of carbonyl (C=O) groups is 1. The van der Waals surface area contributed by atoms with Crippen LogP contribution in [0.5, 0.6) is 0 Å². The highest BCUT2D eigenvalue weighted by Gasteiger charge is 2.03. The molecular formula is C17H20OS. The predicted octanol–water partition coefficient (Wildman–Crippen LogP) is 4.66. The molecule has 19 heavy (non-hydrogen) atoms. The lowest BCUT2D eigenvalue weighted by Crippen LogP contribution is -1.99. The standard InChI is InChI=1S/C17H20OS/c18-16(11-5-12-17-13-6-14-19-17)10-4-9-15-7-2-1-3-8-15/h1-3,6-8,13-14H,4-5,9-12H2. The molecule has 2 aromatic rings. The SMILES string of the molecule is O=C(CCCc1ccccc1)CCCc1cccs1. The van der Waals surface area contributed by atoms with Crippen molar-refractivity contribution < 1.29 is 4.79 Å². The Morgan fingerprint density at radius 1 is 0.895 bits per heavy atom. The Morgan fingerprint density at radius 2 is 1.63 bits per heavy atom. The lowest BCUT2D eigenvalue weighted by atomic mass is 10.0. The van der Waals surface area contributed by atoms with Gasteiger partial charge in [0, 0.05) is 17.7 Å². The fourth-order valence-corrected chi connectivity index (χ4v) is 2.93. The van der Waals surface area contributed by atoms with Crippen molar-refractivity contribution in [2.45, 2.75) is 38.5 Å². The maximum absolute atomic E-state index is 11.8. The second-order valence-electron chi connectivity index (χ2n) is 4.81. The molecule has 1 nitrogen and oxygen atoms in total. The van der Waals surface area contributed by atoms with Crippen LogP contribution >= 0.6 is 11.3 Å². The van der Waals surface area contributed by atoms with E-state index in [9.17, 15) is 4.79 Å². The second kappa shape index (κ2) is 7.90. The summed E-state index contributed by atoms with van der Waals surface area (Å²) in [7, 11) is 0. The Morgan fingerprint density at radius 3 is 2.32 bits per heavy atom. The van der Waals surface area contributed by atoms with Crippen molar-refractivity contribution in [1.29, 1.82) is 0 Å². The molecule has 0 atom stereocenters. The quantitative estimate of drug-likeness (QED) is 0.683. The van der Waals surface area contributed by atoms with E-state index in [0.29, 0.717) is 5.78 Å². The predicted molar refractivity (Wildman–Crippen MR) is 81.6 cm³/mol. The maximum Gasteiger partial charge on any atom is 0.132 e. The van der Waals surface area contributed by atoms with Gasteiger partial charge in [0.05, 0.1) is 0 Å². The molecule has 100 valence electrons. The smallest absolute Gasteiger partial charge is 0.132 e. The van der Waals surface area contributed by atoms with Crippen LogP contribution in [0.25, 0.3) is 0 Å². The molecule has 0 aliphatic carbocycles. The summed E-state index contributed by atoms with van der Waals surface area (Å²) in [5.41, 5.74) is 1.33. The summed E-state index contributed by atoms with van der Waals surface area (Å²) in [4.78, 5) is 13.2. The summed E-state index contributed by atoms with van der Waals surface area (Å²) in [5, 5.41) is 2.09. The lowest BCUT2D eigenvalue weighted by Gasteiger charge is -2.02. The van der Waals surface area contributed by atoms with Crippen LogP contribution in [0.15, 0.2) is 47.8 Å². The highest BCUT2D eigenvalue weighted by molar-refractivity contribution is 7.09. The molecule has 0 unspecified atom stereocenters. The van der Waals surface area contributed by atoms with Gasteiger partial charge in [0.1, 0.15) is 5.78 Å². The van der Waals surface area contributed by atoms with E-state index in [0.717, 1.165) is 38.5 Å². The molecule has 1 aromatic carbocycles. The van der Waals surface area contributed by atoms with Gasteiger partial charge in [0.2, 0.25) is 0 Å². The van der Waals surface area contributed by atoms with E-state index in [2.05, 4.69) is 41.8 Å². The van der Waals surface area contributed by atoms with E-state index in [1.54, 1.807) is 11.3 Å². The number of thiophene rings is 1. The number of rotatable bonds is 8. The molecule has 0 spiro atoms. The van der Waals surface area contributed by atoms with Gasteiger partial charge in [-0.2, -0.15) is 0 Å². The zero-order valence-electron chi connectivity index (χ0n) is 11.2. The first kappa shape index (κ1) is 14.0. The molecule has 0 saturated carbocycles. The van der Waals surface area contributed by atoms with Gasteiger partial charge < -0.3 is 0 Å². The normalized spacial score (nSPS) is 10.5. The fourth-order valence-electron chi connectivity index (χ4n) is 2.17. The van der Waals surface area contributed by atoms with Gasteiger partial charge in [-0.3, -0.25) is 4.79 Å². The van der Waals surface area contributed by atoms with E-state index >= 15 is 0 Å². The van der Waals surface area contributed by atoms with Gasteiger partial charge in [0.15, 0.2) is 0 Å². The molecule has 2 heteroatoms. The molecule has 0 fully saturated rings. The first-order chi connectivity index (χ1) is 9.34. The maximum atomic E-state index is 11.8. The summed E-state index contributed by atoms with van der Waals surface area (Å²) >= 11 is 1.78. The molecule has 1 heterocycles. The number of aryl methyl sites for hydroxylation is 2. The average molecular weight is 272 g/mol. The Labute approximate surface area is 119 Å². The summed E-state index contributed by atoms with van der Waals surface area (Å²) in [6.45, 7) is 0. The van der Waals surface area contributed by atoms with E-state index < -0.39 is 0 Å². The third-order valence-corrected chi connectivity index (χ3v) is 4.16. The molecule has 0 N–H and O–H groups in total. The van der Waals surface area contributed by atoms with Gasteiger partial charge in [-0.25, -0.2) is 0 Å². The van der Waals surface area contributed by atoms with E-state index in [1.807, 2.05) is 6.07 Å². The van der Waals surface area contributed by atoms with Crippen molar-refractivity contribution in [3.05, 3.63) is 58.3 Å². The zero-order chi connectivity index (χ0) is 13.3. The van der Waals surface area contributed by atoms with Gasteiger partial charge in [-0.1, -0.05) is 36.4 Å². The van der Waals surface area contributed by atoms with Crippen LogP contribution in [0.1, 0.15) is 36.1 Å². The molecule has 2 rings (SSSR count). The van der Waals surface area contributed by atoms with Gasteiger partial charge in [-0.05, 0) is 42.7 Å². The van der Waals surface area contributed by atoms with Crippen molar-refractivity contribution in [2.24, 2.45) is 0 Å². The van der Waals surface area contributed by atoms with Crippen LogP contribution in [0, 0.1) is 0 Å². The minimum atomic E-state index is 0.410. The summed E-state index contributed by atoms with van der Waals surface area (Å²) < 4.78 is 0. The Hall–Kier alpha value is -1.41. The van der Waals surface area contributed by atoms with Crippen molar-refractivity contribution in [2.75, 3.05) is 0 Å². The monoisotopic (exact) mass is 272 g/mol. The van der Waals surface area contributed by atoms with E-state index in [-0.39, 0.29) is 0 Å². The number of hydrogen-bond donors (Lipinski definition) is 0. The first-order valence-electron chi connectivity index (χ1n) is 6.92. The average Bonchev–Trinajstić information content (AvgIpc) is 2.93. The van der Waals surface area contributed by atoms with Gasteiger partial charge in [0.25, 0.3) is 0 Å². The van der Waals surface area contributed by atoms with Crippen LogP contribution in [-0.4, -0.2) is 5.78 Å². The molecule has 1 aromatic heterocycles. The Bertz CT molecular complexity index is 473. The highest BCUT2D eigenvalue weighted by Crippen LogP contribution is 2.13. The van der Waals surface area contributed by atoms with Crippen LogP contribution in [-0.2, 0) is 17.6 Å². The second-order valence-corrected chi connectivity index (χ2v) is 5.84. The number of Topliss-reactive ketones (excluding diaryl/α,β-unsaturated/α-hetero) is 1. The van der Waals surface area contributed by atoms with Crippen LogP contribution < -0.4 is 0 Å². The van der Waals surface area contributed by atoms with Crippen LogP contribution in [0.3, 0.4) is 0 Å². The fraction of sp³-hybridized carbons (Fsp3) is 0.353. The van der Waals surface area contributed by atoms with Gasteiger partial charge in [-0.15, -0.1) is 11.3 Å². The van der Waals surface area contributed by atoms with Gasteiger partial charge >= 0.3 is 0 Å². The number of benzene rings is 1. The molecule has 0 saturated heterocycles. The molecule has 0 aliphatic rings. The summed E-state index contributed by atoms with van der Waals surface area (Å²) in [6.07, 6.45) is 5.47. The summed E-state index contributed by atoms with van der Waals surface area (Å²) in [6, 6.07) is 14.6. The molecule has 0 aliphatic heterocycles. The highest BCUT2D eigenvalue weighted by atomic mass is 32.1. The first-order valence-corrected chi connectivity index (χ1v) is 7.80. The minimum absolute atomic E-state index is 0.410. The largest absolute Gasteiger partial charge is 0.300 e. The van der Waals surface area contributed by atoms with E-state index in [1.165, 1.54) is 10.4 Å². The van der Waals surface area contributed by atoms with Crippen LogP contribution in [0.4, 0.5) is 0 Å². The topological polar surface area (TPSA) is 17.1 Å². The number of carbonyl (C=O) groups excluding carboxylic acids is 1. The molecular weight excluding hydrogens is 252 g/mol. The zero-order valence-corrected chi connectivity index (χ0v) is 12.0. The lowest BCUT2D eigenvalue weighted by molar-refractivity contribution is -0.119. The third-order valence-electron chi connectivity index (χ3n) is 3.22. The third kappa shape index (κ3) is 5.39. The Kier molecular flexibility index (Phi) is 5.83. The number of ketones is 1.